The molecule has 0 saturated carbocycles. The average Bonchev–Trinajstić information content (AvgIpc) is 3.23. The Labute approximate surface area is 141 Å². The molecule has 0 aromatic carbocycles. The van der Waals surface area contributed by atoms with Crippen LogP contribution in [0.1, 0.15) is 37.3 Å². The Morgan fingerprint density at radius 3 is 2.75 bits per heavy atom. The van der Waals surface area contributed by atoms with Gasteiger partial charge >= 0.3 is 6.18 Å². The zero-order chi connectivity index (χ0) is 17.2. The van der Waals surface area contributed by atoms with Crippen LogP contribution >= 0.6 is 11.3 Å². The van der Waals surface area contributed by atoms with Gasteiger partial charge in [-0.1, -0.05) is 6.07 Å². The second kappa shape index (κ2) is 6.96. The third-order valence-electron chi connectivity index (χ3n) is 4.28. The standard InChI is InChI=1S/C16H18F3N3OS/c17-16(18,19)6-3-15(23)22-7-4-11(5-8-22)12-10-13(21-20-12)14-2-1-9-24-14/h1-2,9-11H,3-8H2,(H,20,21). The molecule has 0 bridgehead atoms. The number of carbonyl (C=O) groups excluding carboxylic acids is 1. The fourth-order valence-corrected chi connectivity index (χ4v) is 3.63. The van der Waals surface area contributed by atoms with Gasteiger partial charge in [-0.3, -0.25) is 9.89 Å². The number of carbonyl (C=O) groups is 1. The molecule has 0 spiro atoms. The minimum atomic E-state index is -4.28. The van der Waals surface area contributed by atoms with Crippen LogP contribution in [0.3, 0.4) is 0 Å². The van der Waals surface area contributed by atoms with Crippen LogP contribution in [0.2, 0.25) is 0 Å². The SMILES string of the molecule is O=C(CCC(F)(F)F)N1CCC(c2cc(-c3cccs3)n[nH]2)CC1. The monoisotopic (exact) mass is 357 g/mol. The van der Waals surface area contributed by atoms with Crippen molar-refractivity contribution in [2.45, 2.75) is 37.8 Å². The number of amides is 1. The normalized spacial score (nSPS) is 16.5. The summed E-state index contributed by atoms with van der Waals surface area (Å²) < 4.78 is 36.6. The molecule has 2 aromatic rings. The number of rotatable bonds is 4. The van der Waals surface area contributed by atoms with Crippen molar-refractivity contribution in [2.24, 2.45) is 0 Å². The lowest BCUT2D eigenvalue weighted by atomic mass is 9.93. The van der Waals surface area contributed by atoms with Crippen LogP contribution in [0.5, 0.6) is 0 Å². The zero-order valence-electron chi connectivity index (χ0n) is 13.0. The van der Waals surface area contributed by atoms with E-state index < -0.39 is 24.9 Å². The lowest BCUT2D eigenvalue weighted by molar-refractivity contribution is -0.149. The fourth-order valence-electron chi connectivity index (χ4n) is 2.94. The van der Waals surface area contributed by atoms with Gasteiger partial charge in [-0.15, -0.1) is 11.3 Å². The molecule has 0 atom stereocenters. The van der Waals surface area contributed by atoms with E-state index >= 15 is 0 Å². The number of H-pyrrole nitrogens is 1. The number of aromatic nitrogens is 2. The molecule has 3 heterocycles. The largest absolute Gasteiger partial charge is 0.389 e. The molecule has 1 saturated heterocycles. The van der Waals surface area contributed by atoms with E-state index in [1.807, 2.05) is 23.6 Å². The molecule has 1 amide bonds. The maximum atomic E-state index is 12.2. The van der Waals surface area contributed by atoms with Gasteiger partial charge in [0.25, 0.3) is 0 Å². The molecule has 1 fully saturated rings. The summed E-state index contributed by atoms with van der Waals surface area (Å²) in [7, 11) is 0. The highest BCUT2D eigenvalue weighted by molar-refractivity contribution is 7.13. The fraction of sp³-hybridized carbons (Fsp3) is 0.500. The number of halogens is 3. The van der Waals surface area contributed by atoms with Crippen molar-refractivity contribution in [1.82, 2.24) is 15.1 Å². The number of nitrogens with one attached hydrogen (secondary N) is 1. The molecule has 0 radical (unpaired) electrons. The van der Waals surface area contributed by atoms with Gasteiger partial charge in [0.15, 0.2) is 0 Å². The highest BCUT2D eigenvalue weighted by Crippen LogP contribution is 2.31. The molecule has 1 aliphatic rings. The molecule has 2 aromatic heterocycles. The Morgan fingerprint density at radius 2 is 2.12 bits per heavy atom. The van der Waals surface area contributed by atoms with Crippen LogP contribution in [0.25, 0.3) is 10.6 Å². The lowest BCUT2D eigenvalue weighted by Gasteiger charge is -2.31. The number of aromatic amines is 1. The van der Waals surface area contributed by atoms with Crippen LogP contribution in [0.15, 0.2) is 23.6 Å². The van der Waals surface area contributed by atoms with Gasteiger partial charge in [0, 0.05) is 31.1 Å². The molecule has 24 heavy (non-hydrogen) atoms. The van der Waals surface area contributed by atoms with Crippen molar-refractivity contribution in [3.8, 4) is 10.6 Å². The third-order valence-corrected chi connectivity index (χ3v) is 5.17. The maximum Gasteiger partial charge on any atom is 0.389 e. The van der Waals surface area contributed by atoms with E-state index in [4.69, 9.17) is 0 Å². The van der Waals surface area contributed by atoms with Gasteiger partial charge in [-0.2, -0.15) is 18.3 Å². The molecule has 4 nitrogen and oxygen atoms in total. The average molecular weight is 357 g/mol. The minimum Gasteiger partial charge on any atom is -0.343 e. The summed E-state index contributed by atoms with van der Waals surface area (Å²) in [5.41, 5.74) is 1.93. The van der Waals surface area contributed by atoms with Gasteiger partial charge in [-0.05, 0) is 30.4 Å². The van der Waals surface area contributed by atoms with Crippen molar-refractivity contribution < 1.29 is 18.0 Å². The van der Waals surface area contributed by atoms with Gasteiger partial charge in [-0.25, -0.2) is 0 Å². The first-order valence-corrected chi connectivity index (χ1v) is 8.74. The van der Waals surface area contributed by atoms with Gasteiger partial charge in [0.2, 0.25) is 5.91 Å². The molecule has 1 N–H and O–H groups in total. The van der Waals surface area contributed by atoms with Gasteiger partial charge < -0.3 is 4.90 Å². The van der Waals surface area contributed by atoms with Crippen molar-refractivity contribution in [3.05, 3.63) is 29.3 Å². The second-order valence-corrected chi connectivity index (χ2v) is 6.90. The smallest absolute Gasteiger partial charge is 0.343 e. The highest BCUT2D eigenvalue weighted by Gasteiger charge is 2.30. The van der Waals surface area contributed by atoms with Crippen LogP contribution in [0, 0.1) is 0 Å². The summed E-state index contributed by atoms with van der Waals surface area (Å²) in [5.74, 6) is -0.146. The molecule has 0 unspecified atom stereocenters. The molecular formula is C16H18F3N3OS. The van der Waals surface area contributed by atoms with E-state index in [0.717, 1.165) is 29.1 Å². The Kier molecular flexibility index (Phi) is 4.93. The summed E-state index contributed by atoms with van der Waals surface area (Å²) in [6, 6.07) is 6.00. The summed E-state index contributed by atoms with van der Waals surface area (Å²) in [5, 5.41) is 9.38. The topological polar surface area (TPSA) is 49.0 Å². The number of piperidine rings is 1. The number of hydrogen-bond donors (Lipinski definition) is 1. The summed E-state index contributed by atoms with van der Waals surface area (Å²) in [4.78, 5) is 14.5. The van der Waals surface area contributed by atoms with Crippen LogP contribution in [-0.2, 0) is 4.79 Å². The minimum absolute atomic E-state index is 0.262. The number of likely N-dealkylation sites (tertiary alicyclic amines) is 1. The Hall–Kier alpha value is -1.83. The van der Waals surface area contributed by atoms with Gasteiger partial charge in [0.1, 0.15) is 5.69 Å². The first-order chi connectivity index (χ1) is 11.4. The summed E-state index contributed by atoms with van der Waals surface area (Å²) in [6.07, 6.45) is -4.30. The predicted octanol–water partition coefficient (Wildman–Crippen LogP) is 4.19. The molecule has 130 valence electrons. The number of hydrogen-bond acceptors (Lipinski definition) is 3. The van der Waals surface area contributed by atoms with Crippen molar-refractivity contribution in [3.63, 3.8) is 0 Å². The molecule has 1 aliphatic heterocycles. The maximum absolute atomic E-state index is 12.2. The lowest BCUT2D eigenvalue weighted by Crippen LogP contribution is -2.38. The van der Waals surface area contributed by atoms with Crippen molar-refractivity contribution in [2.75, 3.05) is 13.1 Å². The zero-order valence-corrected chi connectivity index (χ0v) is 13.8. The van der Waals surface area contributed by atoms with Crippen molar-refractivity contribution in [1.29, 1.82) is 0 Å². The van der Waals surface area contributed by atoms with E-state index in [1.165, 1.54) is 0 Å². The van der Waals surface area contributed by atoms with Crippen molar-refractivity contribution >= 4 is 17.2 Å². The highest BCUT2D eigenvalue weighted by atomic mass is 32.1. The third kappa shape index (κ3) is 4.17. The van der Waals surface area contributed by atoms with E-state index in [0.29, 0.717) is 13.1 Å². The number of thiophene rings is 1. The van der Waals surface area contributed by atoms with Gasteiger partial charge in [0.05, 0.1) is 11.3 Å². The second-order valence-electron chi connectivity index (χ2n) is 5.96. The van der Waals surface area contributed by atoms with Crippen LogP contribution < -0.4 is 0 Å². The first-order valence-electron chi connectivity index (χ1n) is 7.86. The first kappa shape index (κ1) is 17.0. The summed E-state index contributed by atoms with van der Waals surface area (Å²) >= 11 is 1.62. The molecule has 0 aliphatic carbocycles. The molecule has 3 rings (SSSR count). The molecular weight excluding hydrogens is 339 g/mol. The van der Waals surface area contributed by atoms with E-state index in [-0.39, 0.29) is 5.92 Å². The Bertz CT molecular complexity index is 673. The Balaban J connectivity index is 1.53. The van der Waals surface area contributed by atoms with E-state index in [9.17, 15) is 18.0 Å². The van der Waals surface area contributed by atoms with E-state index in [1.54, 1.807) is 16.2 Å². The number of nitrogens with zero attached hydrogens (tertiary/aromatic N) is 2. The predicted molar refractivity (Wildman–Crippen MR) is 85.7 cm³/mol. The van der Waals surface area contributed by atoms with Crippen LogP contribution in [-0.4, -0.2) is 40.3 Å². The Morgan fingerprint density at radius 1 is 1.38 bits per heavy atom. The van der Waals surface area contributed by atoms with E-state index in [2.05, 4.69) is 10.2 Å². The summed E-state index contributed by atoms with van der Waals surface area (Å²) in [6.45, 7) is 0.990. The number of alkyl halides is 3. The van der Waals surface area contributed by atoms with Crippen LogP contribution in [0.4, 0.5) is 13.2 Å². The molecule has 8 heteroatoms. The quantitative estimate of drug-likeness (QED) is 0.892.